The second-order valence-electron chi connectivity index (χ2n) is 5.06. The van der Waals surface area contributed by atoms with Gasteiger partial charge in [-0.25, -0.2) is 0 Å². The van der Waals surface area contributed by atoms with Crippen LogP contribution in [0, 0.1) is 11.8 Å². The van der Waals surface area contributed by atoms with Gasteiger partial charge in [0.1, 0.15) is 0 Å². The van der Waals surface area contributed by atoms with Crippen molar-refractivity contribution in [2.75, 3.05) is 32.8 Å². The Kier molecular flexibility index (Phi) is 4.00. The van der Waals surface area contributed by atoms with Crippen LogP contribution in [0.3, 0.4) is 0 Å². The van der Waals surface area contributed by atoms with Crippen LogP contribution < -0.4 is 5.32 Å². The SMILES string of the molecule is CCC1CNCC1N1CCC(CO)CC1. The number of aliphatic hydroxyl groups is 1. The van der Waals surface area contributed by atoms with Gasteiger partial charge >= 0.3 is 0 Å². The Morgan fingerprint density at radius 3 is 2.60 bits per heavy atom. The van der Waals surface area contributed by atoms with Crippen LogP contribution in [-0.4, -0.2) is 48.8 Å². The summed E-state index contributed by atoms with van der Waals surface area (Å²) in [5, 5.41) is 12.6. The highest BCUT2D eigenvalue weighted by atomic mass is 16.3. The Balaban J connectivity index is 1.84. The summed E-state index contributed by atoms with van der Waals surface area (Å²) >= 11 is 0. The third-order valence-electron chi connectivity index (χ3n) is 4.20. The van der Waals surface area contributed by atoms with Gasteiger partial charge in [0.15, 0.2) is 0 Å². The molecule has 2 rings (SSSR count). The minimum atomic E-state index is 0.383. The van der Waals surface area contributed by atoms with E-state index in [2.05, 4.69) is 17.1 Å². The van der Waals surface area contributed by atoms with Crippen LogP contribution >= 0.6 is 0 Å². The summed E-state index contributed by atoms with van der Waals surface area (Å²) in [7, 11) is 0. The average Bonchev–Trinajstić information content (AvgIpc) is 2.77. The molecule has 0 aromatic carbocycles. The third-order valence-corrected chi connectivity index (χ3v) is 4.20. The second kappa shape index (κ2) is 5.28. The van der Waals surface area contributed by atoms with Crippen molar-refractivity contribution in [3.05, 3.63) is 0 Å². The molecule has 0 aromatic heterocycles. The summed E-state index contributed by atoms with van der Waals surface area (Å²) in [6, 6.07) is 0.759. The number of rotatable bonds is 3. The monoisotopic (exact) mass is 212 g/mol. The van der Waals surface area contributed by atoms with E-state index in [-0.39, 0.29) is 0 Å². The van der Waals surface area contributed by atoms with Gasteiger partial charge < -0.3 is 10.4 Å². The minimum Gasteiger partial charge on any atom is -0.396 e. The van der Waals surface area contributed by atoms with Crippen molar-refractivity contribution >= 4 is 0 Å². The van der Waals surface area contributed by atoms with Crippen molar-refractivity contribution in [2.45, 2.75) is 32.2 Å². The van der Waals surface area contributed by atoms with E-state index in [0.29, 0.717) is 12.5 Å². The van der Waals surface area contributed by atoms with Gasteiger partial charge in [0.05, 0.1) is 0 Å². The van der Waals surface area contributed by atoms with Crippen molar-refractivity contribution in [1.82, 2.24) is 10.2 Å². The fourth-order valence-electron chi connectivity index (χ4n) is 3.03. The van der Waals surface area contributed by atoms with Crippen molar-refractivity contribution in [3.63, 3.8) is 0 Å². The summed E-state index contributed by atoms with van der Waals surface area (Å²) in [5.74, 6) is 1.41. The van der Waals surface area contributed by atoms with Gasteiger partial charge in [-0.05, 0) is 44.3 Å². The summed E-state index contributed by atoms with van der Waals surface area (Å²) in [6.45, 7) is 7.42. The maximum Gasteiger partial charge on any atom is 0.0460 e. The highest BCUT2D eigenvalue weighted by Crippen LogP contribution is 2.24. The molecule has 15 heavy (non-hydrogen) atoms. The van der Waals surface area contributed by atoms with Crippen LogP contribution in [0.15, 0.2) is 0 Å². The average molecular weight is 212 g/mol. The molecule has 2 N–H and O–H groups in total. The molecular weight excluding hydrogens is 188 g/mol. The van der Waals surface area contributed by atoms with Crippen molar-refractivity contribution in [1.29, 1.82) is 0 Å². The number of nitrogens with one attached hydrogen (secondary N) is 1. The maximum atomic E-state index is 9.11. The zero-order valence-electron chi connectivity index (χ0n) is 9.78. The normalized spacial score (nSPS) is 34.8. The fourth-order valence-corrected chi connectivity index (χ4v) is 3.03. The molecule has 3 heteroatoms. The molecule has 2 atom stereocenters. The predicted molar refractivity (Wildman–Crippen MR) is 61.8 cm³/mol. The van der Waals surface area contributed by atoms with Crippen molar-refractivity contribution in [2.24, 2.45) is 11.8 Å². The molecule has 2 heterocycles. The lowest BCUT2D eigenvalue weighted by molar-refractivity contribution is 0.0896. The first-order valence-corrected chi connectivity index (χ1v) is 6.40. The first kappa shape index (κ1) is 11.4. The van der Waals surface area contributed by atoms with Gasteiger partial charge in [-0.2, -0.15) is 0 Å². The van der Waals surface area contributed by atoms with Gasteiger partial charge in [0.2, 0.25) is 0 Å². The molecule has 3 nitrogen and oxygen atoms in total. The van der Waals surface area contributed by atoms with Crippen LogP contribution in [0.2, 0.25) is 0 Å². The van der Waals surface area contributed by atoms with Gasteiger partial charge in [-0.15, -0.1) is 0 Å². The Morgan fingerprint density at radius 2 is 2.00 bits per heavy atom. The molecule has 0 bridgehead atoms. The lowest BCUT2D eigenvalue weighted by Crippen LogP contribution is -2.45. The molecular formula is C12H24N2O. The van der Waals surface area contributed by atoms with Gasteiger partial charge in [0.25, 0.3) is 0 Å². The summed E-state index contributed by atoms with van der Waals surface area (Å²) in [4.78, 5) is 2.64. The van der Waals surface area contributed by atoms with E-state index in [1.54, 1.807) is 0 Å². The van der Waals surface area contributed by atoms with Crippen LogP contribution in [0.1, 0.15) is 26.2 Å². The Hall–Kier alpha value is -0.120. The minimum absolute atomic E-state index is 0.383. The molecule has 0 radical (unpaired) electrons. The van der Waals surface area contributed by atoms with E-state index in [1.165, 1.54) is 45.4 Å². The molecule has 0 spiro atoms. The summed E-state index contributed by atoms with van der Waals surface area (Å²) in [6.07, 6.45) is 3.66. The van der Waals surface area contributed by atoms with Gasteiger partial charge in [-0.3, -0.25) is 4.90 Å². The number of aliphatic hydroxyl groups excluding tert-OH is 1. The van der Waals surface area contributed by atoms with E-state index < -0.39 is 0 Å². The Morgan fingerprint density at radius 1 is 1.27 bits per heavy atom. The summed E-state index contributed by atoms with van der Waals surface area (Å²) < 4.78 is 0. The molecule has 0 amide bonds. The first-order valence-electron chi connectivity index (χ1n) is 6.40. The lowest BCUT2D eigenvalue weighted by Gasteiger charge is -2.37. The molecule has 2 unspecified atom stereocenters. The molecule has 2 fully saturated rings. The van der Waals surface area contributed by atoms with E-state index in [1.807, 2.05) is 0 Å². The lowest BCUT2D eigenvalue weighted by atomic mass is 9.93. The van der Waals surface area contributed by atoms with Crippen LogP contribution in [-0.2, 0) is 0 Å². The van der Waals surface area contributed by atoms with E-state index in [4.69, 9.17) is 5.11 Å². The molecule has 2 aliphatic rings. The molecule has 2 saturated heterocycles. The van der Waals surface area contributed by atoms with E-state index in [0.717, 1.165) is 12.0 Å². The number of likely N-dealkylation sites (tertiary alicyclic amines) is 1. The molecule has 88 valence electrons. The first-order chi connectivity index (χ1) is 7.35. The Labute approximate surface area is 92.8 Å². The maximum absolute atomic E-state index is 9.11. The van der Waals surface area contributed by atoms with Crippen LogP contribution in [0.25, 0.3) is 0 Å². The number of hydrogen-bond acceptors (Lipinski definition) is 3. The zero-order chi connectivity index (χ0) is 10.7. The van der Waals surface area contributed by atoms with E-state index >= 15 is 0 Å². The van der Waals surface area contributed by atoms with Crippen LogP contribution in [0.5, 0.6) is 0 Å². The Bertz CT molecular complexity index is 190. The topological polar surface area (TPSA) is 35.5 Å². The molecule has 2 aliphatic heterocycles. The number of nitrogens with zero attached hydrogens (tertiary/aromatic N) is 1. The molecule has 0 aliphatic carbocycles. The molecule has 0 aromatic rings. The molecule has 0 saturated carbocycles. The standard InChI is InChI=1S/C12H24N2O/c1-2-11-7-13-8-12(11)14-5-3-10(9-15)4-6-14/h10-13,15H,2-9H2,1H3. The van der Waals surface area contributed by atoms with Crippen LogP contribution in [0.4, 0.5) is 0 Å². The quantitative estimate of drug-likeness (QED) is 0.722. The zero-order valence-corrected chi connectivity index (χ0v) is 9.78. The largest absolute Gasteiger partial charge is 0.396 e. The fraction of sp³-hybridized carbons (Fsp3) is 1.00. The highest BCUT2D eigenvalue weighted by molar-refractivity contribution is 4.89. The third kappa shape index (κ3) is 2.52. The van der Waals surface area contributed by atoms with E-state index in [9.17, 15) is 0 Å². The highest BCUT2D eigenvalue weighted by Gasteiger charge is 2.32. The summed E-state index contributed by atoms with van der Waals surface area (Å²) in [5.41, 5.74) is 0. The number of hydrogen-bond donors (Lipinski definition) is 2. The number of piperidine rings is 1. The smallest absolute Gasteiger partial charge is 0.0460 e. The predicted octanol–water partition coefficient (Wildman–Crippen LogP) is 0.689. The second-order valence-corrected chi connectivity index (χ2v) is 5.06. The van der Waals surface area contributed by atoms with Gasteiger partial charge in [0, 0.05) is 19.2 Å². The van der Waals surface area contributed by atoms with Crippen molar-refractivity contribution in [3.8, 4) is 0 Å². The van der Waals surface area contributed by atoms with Crippen molar-refractivity contribution < 1.29 is 5.11 Å². The van der Waals surface area contributed by atoms with Gasteiger partial charge in [-0.1, -0.05) is 13.3 Å².